The fourth-order valence-electron chi connectivity index (χ4n) is 8.12. The lowest BCUT2D eigenvalue weighted by Crippen LogP contribution is -2.01. The summed E-state index contributed by atoms with van der Waals surface area (Å²) in [5.74, 6) is 1.76. The highest BCUT2D eigenvalue weighted by Crippen LogP contribution is 2.39. The maximum absolute atomic E-state index is 6.49. The number of furan rings is 1. The van der Waals surface area contributed by atoms with E-state index in [2.05, 4.69) is 158 Å². The second-order valence-corrected chi connectivity index (χ2v) is 13.9. The monoisotopic (exact) mass is 701 g/mol. The van der Waals surface area contributed by atoms with Crippen molar-refractivity contribution in [3.05, 3.63) is 188 Å². The number of para-hydroxylation sites is 2. The Balaban J connectivity index is 1.11. The van der Waals surface area contributed by atoms with Gasteiger partial charge < -0.3 is 4.42 Å². The lowest BCUT2D eigenvalue weighted by Gasteiger charge is -2.14. The Bertz CT molecular complexity index is 3260. The Kier molecular flexibility index (Phi) is 7.14. The normalized spacial score (nSPS) is 11.6. The van der Waals surface area contributed by atoms with Gasteiger partial charge in [0.2, 0.25) is 0 Å². The fourth-order valence-corrected chi connectivity index (χ4v) is 8.12. The summed E-state index contributed by atoms with van der Waals surface area (Å²) in [5.41, 5.74) is 8.92. The predicted octanol–water partition coefficient (Wildman–Crippen LogP) is 13.6. The number of hydrogen-bond acceptors (Lipinski definition) is 4. The topological polar surface area (TPSA) is 51.8 Å². The van der Waals surface area contributed by atoms with Gasteiger partial charge in [-0.3, -0.25) is 0 Å². The molecule has 0 spiro atoms. The Morgan fingerprint density at radius 2 is 0.818 bits per heavy atom. The summed E-state index contributed by atoms with van der Waals surface area (Å²) >= 11 is 0. The molecule has 0 aliphatic carbocycles. The largest absolute Gasteiger partial charge is 0.455 e. The highest BCUT2D eigenvalue weighted by molar-refractivity contribution is 6.14. The van der Waals surface area contributed by atoms with Crippen LogP contribution in [0.5, 0.6) is 0 Å². The number of benzene rings is 9. The van der Waals surface area contributed by atoms with E-state index in [9.17, 15) is 0 Å². The van der Waals surface area contributed by atoms with Crippen LogP contribution in [0.1, 0.15) is 0 Å². The molecular formula is C51H31N3O. The molecule has 2 aromatic heterocycles. The number of rotatable bonds is 5. The minimum absolute atomic E-state index is 0.561. The quantitative estimate of drug-likeness (QED) is 0.168. The van der Waals surface area contributed by atoms with Gasteiger partial charge in [0.25, 0.3) is 0 Å². The molecule has 11 aromatic rings. The summed E-state index contributed by atoms with van der Waals surface area (Å²) < 4.78 is 6.49. The second-order valence-electron chi connectivity index (χ2n) is 13.9. The summed E-state index contributed by atoms with van der Waals surface area (Å²) in [6.45, 7) is 0. The molecule has 256 valence electrons. The third-order valence-corrected chi connectivity index (χ3v) is 10.8. The van der Waals surface area contributed by atoms with Gasteiger partial charge in [-0.25, -0.2) is 15.0 Å². The molecule has 0 radical (unpaired) electrons. The number of fused-ring (bicyclic) bond motifs is 7. The molecule has 0 unspecified atom stereocenters. The minimum Gasteiger partial charge on any atom is -0.455 e. The SMILES string of the molecule is c1ccc(-c2ccc(-c3nc(-c4ccc(-c5cc6ccccc6c6ccccc56)cc4)nc(-c4cccc5c4oc4ccccc45)n3)c3ccccc23)cc1. The van der Waals surface area contributed by atoms with Crippen molar-refractivity contribution in [3.63, 3.8) is 0 Å². The van der Waals surface area contributed by atoms with Crippen LogP contribution in [-0.4, -0.2) is 15.0 Å². The summed E-state index contributed by atoms with van der Waals surface area (Å²) in [5, 5.41) is 9.26. The van der Waals surface area contributed by atoms with Gasteiger partial charge in [-0.15, -0.1) is 0 Å². The van der Waals surface area contributed by atoms with Crippen molar-refractivity contribution in [2.24, 2.45) is 0 Å². The molecule has 0 aliphatic heterocycles. The summed E-state index contributed by atoms with van der Waals surface area (Å²) in [6, 6.07) is 65.8. The molecule has 9 aromatic carbocycles. The first-order chi connectivity index (χ1) is 27.3. The van der Waals surface area contributed by atoms with E-state index in [0.29, 0.717) is 17.5 Å². The summed E-state index contributed by atoms with van der Waals surface area (Å²) in [6.07, 6.45) is 0. The number of aromatic nitrogens is 3. The van der Waals surface area contributed by atoms with E-state index in [1.165, 1.54) is 32.7 Å². The Hall–Kier alpha value is -7.43. The first kappa shape index (κ1) is 31.1. The zero-order valence-corrected chi connectivity index (χ0v) is 29.6. The highest BCUT2D eigenvalue weighted by atomic mass is 16.3. The van der Waals surface area contributed by atoms with Gasteiger partial charge in [0, 0.05) is 21.9 Å². The van der Waals surface area contributed by atoms with Gasteiger partial charge in [0.15, 0.2) is 17.5 Å². The van der Waals surface area contributed by atoms with Gasteiger partial charge in [-0.05, 0) is 78.8 Å². The fraction of sp³-hybridized carbons (Fsp3) is 0. The third-order valence-electron chi connectivity index (χ3n) is 10.8. The molecule has 0 saturated heterocycles. The molecule has 0 aliphatic rings. The Labute approximate surface area is 317 Å². The molecule has 11 rings (SSSR count). The van der Waals surface area contributed by atoms with Crippen molar-refractivity contribution in [2.75, 3.05) is 0 Å². The molecule has 4 heteroatoms. The van der Waals surface area contributed by atoms with E-state index in [1.54, 1.807) is 0 Å². The van der Waals surface area contributed by atoms with Crippen molar-refractivity contribution in [2.45, 2.75) is 0 Å². The van der Waals surface area contributed by atoms with E-state index in [0.717, 1.165) is 60.5 Å². The average Bonchev–Trinajstić information content (AvgIpc) is 3.65. The maximum Gasteiger partial charge on any atom is 0.167 e. The van der Waals surface area contributed by atoms with Crippen LogP contribution in [0.4, 0.5) is 0 Å². The van der Waals surface area contributed by atoms with Crippen LogP contribution in [0.2, 0.25) is 0 Å². The highest BCUT2D eigenvalue weighted by Gasteiger charge is 2.20. The summed E-state index contributed by atoms with van der Waals surface area (Å²) in [7, 11) is 0. The van der Waals surface area contributed by atoms with Gasteiger partial charge in [0.05, 0.1) is 5.56 Å². The number of hydrogen-bond donors (Lipinski definition) is 0. The standard InChI is InChI=1S/C51H31N3O/c1-2-13-32(14-3-1)37-29-30-44(40-19-8-6-18-39(37)40)50-52-49(53-51(54-50)45-23-12-22-43-42-21-10-11-24-47(42)55-48(43)45)34-27-25-33(26-28-34)46-31-35-15-4-5-16-36(35)38-17-7-9-20-41(38)46/h1-31H. The molecule has 4 nitrogen and oxygen atoms in total. The predicted molar refractivity (Wildman–Crippen MR) is 227 cm³/mol. The van der Waals surface area contributed by atoms with E-state index in [4.69, 9.17) is 19.4 Å². The van der Waals surface area contributed by atoms with Gasteiger partial charge in [-0.2, -0.15) is 0 Å². The maximum atomic E-state index is 6.49. The zero-order valence-electron chi connectivity index (χ0n) is 29.6. The second kappa shape index (κ2) is 12.6. The van der Waals surface area contributed by atoms with Crippen LogP contribution in [0, 0.1) is 0 Å². The van der Waals surface area contributed by atoms with Crippen molar-refractivity contribution in [1.29, 1.82) is 0 Å². The molecule has 0 amide bonds. The molecule has 0 N–H and O–H groups in total. The molecular weight excluding hydrogens is 671 g/mol. The van der Waals surface area contributed by atoms with Gasteiger partial charge in [0.1, 0.15) is 11.2 Å². The third kappa shape index (κ3) is 5.19. The minimum atomic E-state index is 0.561. The number of nitrogens with zero attached hydrogens (tertiary/aromatic N) is 3. The summed E-state index contributed by atoms with van der Waals surface area (Å²) in [4.78, 5) is 15.6. The van der Waals surface area contributed by atoms with Crippen molar-refractivity contribution in [3.8, 4) is 56.4 Å². The molecule has 0 saturated carbocycles. The first-order valence-corrected chi connectivity index (χ1v) is 18.5. The Morgan fingerprint density at radius 1 is 0.291 bits per heavy atom. The lowest BCUT2D eigenvalue weighted by atomic mass is 9.93. The molecule has 0 bridgehead atoms. The van der Waals surface area contributed by atoms with E-state index in [-0.39, 0.29) is 0 Å². The lowest BCUT2D eigenvalue weighted by molar-refractivity contribution is 0.669. The van der Waals surface area contributed by atoms with Crippen LogP contribution in [-0.2, 0) is 0 Å². The average molecular weight is 702 g/mol. The molecule has 0 atom stereocenters. The van der Waals surface area contributed by atoms with E-state index in [1.807, 2.05) is 30.3 Å². The van der Waals surface area contributed by atoms with E-state index >= 15 is 0 Å². The van der Waals surface area contributed by atoms with Crippen molar-refractivity contribution in [1.82, 2.24) is 15.0 Å². The van der Waals surface area contributed by atoms with Gasteiger partial charge in [-0.1, -0.05) is 164 Å². The van der Waals surface area contributed by atoms with Crippen LogP contribution in [0.3, 0.4) is 0 Å². The zero-order chi connectivity index (χ0) is 36.3. The smallest absolute Gasteiger partial charge is 0.167 e. The molecule has 0 fully saturated rings. The van der Waals surface area contributed by atoms with Crippen LogP contribution >= 0.6 is 0 Å². The van der Waals surface area contributed by atoms with E-state index < -0.39 is 0 Å². The van der Waals surface area contributed by atoms with Crippen molar-refractivity contribution < 1.29 is 4.42 Å². The van der Waals surface area contributed by atoms with Crippen LogP contribution in [0.15, 0.2) is 192 Å². The molecule has 55 heavy (non-hydrogen) atoms. The van der Waals surface area contributed by atoms with Crippen LogP contribution in [0.25, 0.3) is 111 Å². The van der Waals surface area contributed by atoms with Crippen LogP contribution < -0.4 is 0 Å². The van der Waals surface area contributed by atoms with Crippen molar-refractivity contribution >= 4 is 54.3 Å². The Morgan fingerprint density at radius 3 is 1.60 bits per heavy atom. The first-order valence-electron chi connectivity index (χ1n) is 18.5. The molecule has 2 heterocycles. The van der Waals surface area contributed by atoms with Gasteiger partial charge >= 0.3 is 0 Å².